The van der Waals surface area contributed by atoms with Crippen LogP contribution in [0.2, 0.25) is 0 Å². The van der Waals surface area contributed by atoms with Crippen LogP contribution in [0.1, 0.15) is 79.8 Å². The van der Waals surface area contributed by atoms with E-state index in [-0.39, 0.29) is 6.10 Å². The van der Waals surface area contributed by atoms with E-state index in [4.69, 9.17) is 0 Å². The standard InChI is InChI=1S/C37H43N3O/c1-5-24(2)28-9-6-8-27(18-28)23-40-31(20-30-19-29(14-17-37(30)40)33-16-12-25(33)3)15-13-26(4)39-36-11-7-10-35-34(36)21-32(41)22-38-35/h6-11,13-15,17-20,24-25,32-33,38-39,41H,4-5,12,16,21-23H2,1-3H3/b15-13+. The van der Waals surface area contributed by atoms with Gasteiger partial charge in [0, 0.05) is 58.7 Å². The summed E-state index contributed by atoms with van der Waals surface area (Å²) in [6, 6.07) is 24.7. The Labute approximate surface area is 244 Å². The van der Waals surface area contributed by atoms with E-state index < -0.39 is 0 Å². The molecule has 4 aromatic rings. The minimum Gasteiger partial charge on any atom is -0.391 e. The molecule has 2 aliphatic rings. The van der Waals surface area contributed by atoms with Crippen molar-refractivity contribution in [1.29, 1.82) is 0 Å². The van der Waals surface area contributed by atoms with Gasteiger partial charge in [-0.15, -0.1) is 0 Å². The number of benzene rings is 3. The van der Waals surface area contributed by atoms with E-state index in [2.05, 4.69) is 115 Å². The maximum Gasteiger partial charge on any atom is 0.0754 e. The zero-order valence-electron chi connectivity index (χ0n) is 24.7. The molecule has 1 saturated carbocycles. The maximum atomic E-state index is 10.2. The molecule has 1 aliphatic carbocycles. The Morgan fingerprint density at radius 2 is 1.98 bits per heavy atom. The number of allylic oxidation sites excluding steroid dienone is 1. The van der Waals surface area contributed by atoms with Crippen molar-refractivity contribution >= 4 is 28.4 Å². The minimum atomic E-state index is -0.378. The molecule has 4 unspecified atom stereocenters. The van der Waals surface area contributed by atoms with Crippen molar-refractivity contribution in [3.8, 4) is 0 Å². The van der Waals surface area contributed by atoms with Gasteiger partial charge >= 0.3 is 0 Å². The van der Waals surface area contributed by atoms with E-state index in [1.165, 1.54) is 46.1 Å². The highest BCUT2D eigenvalue weighted by Gasteiger charge is 2.28. The van der Waals surface area contributed by atoms with Crippen LogP contribution in [0.15, 0.2) is 85.1 Å². The lowest BCUT2D eigenvalue weighted by Gasteiger charge is -2.34. The summed E-state index contributed by atoms with van der Waals surface area (Å²) in [7, 11) is 0. The molecule has 4 nitrogen and oxygen atoms in total. The van der Waals surface area contributed by atoms with Crippen LogP contribution in [0.5, 0.6) is 0 Å². The number of nitrogens with zero attached hydrogens (tertiary/aromatic N) is 1. The fourth-order valence-electron chi connectivity index (χ4n) is 6.46. The number of hydrogen-bond acceptors (Lipinski definition) is 3. The van der Waals surface area contributed by atoms with Crippen LogP contribution in [-0.4, -0.2) is 22.3 Å². The van der Waals surface area contributed by atoms with E-state index in [1.807, 2.05) is 6.07 Å². The summed E-state index contributed by atoms with van der Waals surface area (Å²) in [6.45, 7) is 12.7. The Bertz CT molecular complexity index is 1600. The summed E-state index contributed by atoms with van der Waals surface area (Å²) >= 11 is 0. The number of aromatic nitrogens is 1. The number of nitrogens with one attached hydrogen (secondary N) is 2. The van der Waals surface area contributed by atoms with Crippen molar-refractivity contribution in [1.82, 2.24) is 4.57 Å². The molecule has 0 amide bonds. The Kier molecular flexibility index (Phi) is 7.77. The van der Waals surface area contributed by atoms with Crippen LogP contribution in [-0.2, 0) is 13.0 Å². The smallest absolute Gasteiger partial charge is 0.0754 e. The van der Waals surface area contributed by atoms with Gasteiger partial charge in [0.15, 0.2) is 0 Å². The van der Waals surface area contributed by atoms with Crippen LogP contribution in [0, 0.1) is 5.92 Å². The van der Waals surface area contributed by atoms with Gasteiger partial charge < -0.3 is 20.3 Å². The molecule has 1 fully saturated rings. The second-order valence-corrected chi connectivity index (χ2v) is 12.2. The Morgan fingerprint density at radius 1 is 1.12 bits per heavy atom. The fourth-order valence-corrected chi connectivity index (χ4v) is 6.46. The van der Waals surface area contributed by atoms with Gasteiger partial charge in [0.25, 0.3) is 0 Å². The molecule has 0 bridgehead atoms. The minimum absolute atomic E-state index is 0.378. The molecule has 3 aromatic carbocycles. The van der Waals surface area contributed by atoms with Crippen molar-refractivity contribution < 1.29 is 5.11 Å². The van der Waals surface area contributed by atoms with Gasteiger partial charge in [-0.3, -0.25) is 0 Å². The number of aliphatic hydroxyl groups is 1. The molecule has 0 spiro atoms. The summed E-state index contributed by atoms with van der Waals surface area (Å²) in [5, 5.41) is 18.3. The molecular formula is C37H43N3O. The maximum absolute atomic E-state index is 10.2. The molecule has 1 aromatic heterocycles. The third kappa shape index (κ3) is 5.71. The van der Waals surface area contributed by atoms with E-state index in [1.54, 1.807) is 0 Å². The fraction of sp³-hybridized carbons (Fsp3) is 0.351. The highest BCUT2D eigenvalue weighted by Crippen LogP contribution is 2.43. The van der Waals surface area contributed by atoms with Crippen molar-refractivity contribution in [2.24, 2.45) is 5.92 Å². The topological polar surface area (TPSA) is 49.2 Å². The molecule has 1 aliphatic heterocycles. The number of β-amino-alcohol motifs (C(OH)–C–C–N with tert-alkyl or cyclic N) is 1. The van der Waals surface area contributed by atoms with Crippen molar-refractivity contribution in [3.05, 3.63) is 113 Å². The zero-order valence-corrected chi connectivity index (χ0v) is 24.7. The normalized spacial score (nSPS) is 20.8. The molecule has 0 radical (unpaired) electrons. The van der Waals surface area contributed by atoms with Crippen molar-refractivity contribution in [2.45, 2.75) is 70.9 Å². The van der Waals surface area contributed by atoms with Gasteiger partial charge in [-0.1, -0.05) is 63.7 Å². The highest BCUT2D eigenvalue weighted by atomic mass is 16.3. The summed E-state index contributed by atoms with van der Waals surface area (Å²) in [4.78, 5) is 0. The first-order chi connectivity index (χ1) is 19.9. The molecule has 2 heterocycles. The number of rotatable bonds is 9. The van der Waals surface area contributed by atoms with Crippen LogP contribution < -0.4 is 10.6 Å². The van der Waals surface area contributed by atoms with E-state index in [9.17, 15) is 5.11 Å². The molecular weight excluding hydrogens is 502 g/mol. The SMILES string of the molecule is C=C(/C=C/c1cc2cc(C3CCC3C)ccc2n1Cc1cccc(C(C)CC)c1)Nc1cccc2c1CC(O)CN2. The quantitative estimate of drug-likeness (QED) is 0.184. The van der Waals surface area contributed by atoms with Crippen LogP contribution >= 0.6 is 0 Å². The summed E-state index contributed by atoms with van der Waals surface area (Å²) in [5.41, 5.74) is 10.6. The third-order valence-corrected chi connectivity index (χ3v) is 9.37. The summed E-state index contributed by atoms with van der Waals surface area (Å²) in [6.07, 6.45) is 8.28. The lowest BCUT2D eigenvalue weighted by molar-refractivity contribution is 0.185. The van der Waals surface area contributed by atoms with Gasteiger partial charge in [-0.05, 0) is 96.2 Å². The second kappa shape index (κ2) is 11.6. The van der Waals surface area contributed by atoms with Gasteiger partial charge in [0.1, 0.15) is 0 Å². The molecule has 212 valence electrons. The molecule has 6 rings (SSSR count). The third-order valence-electron chi connectivity index (χ3n) is 9.37. The number of hydrogen-bond donors (Lipinski definition) is 3. The highest BCUT2D eigenvalue weighted by molar-refractivity contribution is 5.85. The second-order valence-electron chi connectivity index (χ2n) is 12.2. The molecule has 3 N–H and O–H groups in total. The van der Waals surface area contributed by atoms with Crippen molar-refractivity contribution in [2.75, 3.05) is 17.2 Å². The number of anilines is 2. The predicted molar refractivity (Wildman–Crippen MR) is 174 cm³/mol. The summed E-state index contributed by atoms with van der Waals surface area (Å²) in [5.74, 6) is 2.01. The molecule has 41 heavy (non-hydrogen) atoms. The van der Waals surface area contributed by atoms with E-state index in [0.717, 1.165) is 41.5 Å². The van der Waals surface area contributed by atoms with Crippen LogP contribution in [0.3, 0.4) is 0 Å². The van der Waals surface area contributed by atoms with E-state index in [0.29, 0.717) is 24.8 Å². The monoisotopic (exact) mass is 545 g/mol. The van der Waals surface area contributed by atoms with Crippen LogP contribution in [0.4, 0.5) is 11.4 Å². The van der Waals surface area contributed by atoms with Gasteiger partial charge in [-0.25, -0.2) is 0 Å². The zero-order chi connectivity index (χ0) is 28.5. The Morgan fingerprint density at radius 3 is 2.76 bits per heavy atom. The Balaban J connectivity index is 1.31. The average Bonchev–Trinajstić information content (AvgIpc) is 3.31. The lowest BCUT2D eigenvalue weighted by atomic mass is 9.71. The summed E-state index contributed by atoms with van der Waals surface area (Å²) < 4.78 is 2.44. The first-order valence-electron chi connectivity index (χ1n) is 15.3. The first kappa shape index (κ1) is 27.4. The largest absolute Gasteiger partial charge is 0.391 e. The van der Waals surface area contributed by atoms with Crippen molar-refractivity contribution in [3.63, 3.8) is 0 Å². The van der Waals surface area contributed by atoms with Gasteiger partial charge in [-0.2, -0.15) is 0 Å². The Hall–Kier alpha value is -3.76. The molecule has 4 atom stereocenters. The molecule has 0 saturated heterocycles. The van der Waals surface area contributed by atoms with Gasteiger partial charge in [0.05, 0.1) is 6.10 Å². The van der Waals surface area contributed by atoms with Gasteiger partial charge in [0.2, 0.25) is 0 Å². The number of aliphatic hydroxyl groups excluding tert-OH is 1. The predicted octanol–water partition coefficient (Wildman–Crippen LogP) is 8.68. The molecule has 4 heteroatoms. The van der Waals surface area contributed by atoms with E-state index >= 15 is 0 Å². The van der Waals surface area contributed by atoms with Crippen LogP contribution in [0.25, 0.3) is 17.0 Å². The first-order valence-corrected chi connectivity index (χ1v) is 15.3. The average molecular weight is 546 g/mol. The lowest BCUT2D eigenvalue weighted by Crippen LogP contribution is -2.28. The number of fused-ring (bicyclic) bond motifs is 2.